The molecule has 1 aromatic carbocycles. The van der Waals surface area contributed by atoms with Crippen LogP contribution in [0.15, 0.2) is 42.6 Å². The number of halogens is 1. The predicted octanol–water partition coefficient (Wildman–Crippen LogP) is 4.10. The third kappa shape index (κ3) is 3.49. The highest BCUT2D eigenvalue weighted by Crippen LogP contribution is 2.43. The highest BCUT2D eigenvalue weighted by atomic mass is 19.1. The van der Waals surface area contributed by atoms with E-state index in [1.54, 1.807) is 36.5 Å². The van der Waals surface area contributed by atoms with Gasteiger partial charge in [0, 0.05) is 23.7 Å². The zero-order chi connectivity index (χ0) is 20.4. The summed E-state index contributed by atoms with van der Waals surface area (Å²) in [5.74, 6) is 0.176. The fourth-order valence-corrected chi connectivity index (χ4v) is 3.77. The maximum atomic E-state index is 14.2. The van der Waals surface area contributed by atoms with Gasteiger partial charge in [-0.05, 0) is 61.7 Å². The van der Waals surface area contributed by atoms with Crippen LogP contribution in [0.2, 0.25) is 0 Å². The van der Waals surface area contributed by atoms with E-state index in [9.17, 15) is 9.50 Å². The number of phenols is 1. The number of aromatic nitrogens is 3. The molecule has 1 aliphatic carbocycles. The van der Waals surface area contributed by atoms with Crippen LogP contribution >= 0.6 is 0 Å². The molecule has 1 aliphatic rings. The molecule has 0 aliphatic heterocycles. The van der Waals surface area contributed by atoms with Gasteiger partial charge in [-0.3, -0.25) is 4.98 Å². The zero-order valence-electron chi connectivity index (χ0n) is 16.0. The van der Waals surface area contributed by atoms with Crippen molar-refractivity contribution in [2.75, 3.05) is 11.9 Å². The van der Waals surface area contributed by atoms with Crippen LogP contribution in [0, 0.1) is 24.1 Å². The topological polar surface area (TPSA) is 94.7 Å². The van der Waals surface area contributed by atoms with Crippen LogP contribution in [0.4, 0.5) is 10.2 Å². The van der Waals surface area contributed by atoms with Crippen LogP contribution in [0.3, 0.4) is 0 Å². The number of rotatable bonds is 5. The normalized spacial score (nSPS) is 14.7. The van der Waals surface area contributed by atoms with Gasteiger partial charge in [0.1, 0.15) is 23.5 Å². The lowest BCUT2D eigenvalue weighted by Crippen LogP contribution is -2.42. The van der Waals surface area contributed by atoms with E-state index in [0.717, 1.165) is 24.8 Å². The Balaban J connectivity index is 1.53. The first kappa shape index (κ1) is 18.8. The first-order chi connectivity index (χ1) is 14.0. The molecule has 146 valence electrons. The van der Waals surface area contributed by atoms with Crippen molar-refractivity contribution in [2.24, 2.45) is 0 Å². The number of pyridine rings is 1. The van der Waals surface area contributed by atoms with Gasteiger partial charge >= 0.3 is 0 Å². The van der Waals surface area contributed by atoms with Crippen molar-refractivity contribution in [2.45, 2.75) is 31.6 Å². The Kier molecular flexibility index (Phi) is 4.85. The lowest BCUT2D eigenvalue weighted by Gasteiger charge is -2.41. The number of hydrogen-bond donors (Lipinski definition) is 2. The number of nitriles is 1. The van der Waals surface area contributed by atoms with E-state index < -0.39 is 0 Å². The maximum absolute atomic E-state index is 14.2. The fourth-order valence-electron chi connectivity index (χ4n) is 3.77. The second-order valence-corrected chi connectivity index (χ2v) is 7.45. The van der Waals surface area contributed by atoms with Crippen molar-refractivity contribution >= 4 is 5.82 Å². The molecular formula is C22H20FN5O. The van der Waals surface area contributed by atoms with Crippen molar-refractivity contribution in [1.29, 1.82) is 5.26 Å². The van der Waals surface area contributed by atoms with E-state index in [4.69, 9.17) is 5.26 Å². The average Bonchev–Trinajstić information content (AvgIpc) is 2.70. The van der Waals surface area contributed by atoms with Crippen LogP contribution in [0.1, 0.15) is 36.1 Å². The van der Waals surface area contributed by atoms with Crippen molar-refractivity contribution in [3.05, 3.63) is 65.2 Å². The molecule has 0 radical (unpaired) electrons. The van der Waals surface area contributed by atoms with Gasteiger partial charge < -0.3 is 10.4 Å². The molecule has 3 aromatic rings. The monoisotopic (exact) mass is 389 g/mol. The second kappa shape index (κ2) is 7.47. The quantitative estimate of drug-likeness (QED) is 0.682. The summed E-state index contributed by atoms with van der Waals surface area (Å²) < 4.78 is 14.2. The van der Waals surface area contributed by atoms with Crippen LogP contribution < -0.4 is 5.32 Å². The van der Waals surface area contributed by atoms with E-state index in [0.29, 0.717) is 29.3 Å². The summed E-state index contributed by atoms with van der Waals surface area (Å²) in [5, 5.41) is 31.1. The lowest BCUT2D eigenvalue weighted by atomic mass is 9.66. The van der Waals surface area contributed by atoms with E-state index >= 15 is 0 Å². The molecule has 7 heteroatoms. The number of benzene rings is 1. The van der Waals surface area contributed by atoms with E-state index in [2.05, 4.69) is 20.5 Å². The first-order valence-electron chi connectivity index (χ1n) is 9.45. The molecule has 2 heterocycles. The second-order valence-electron chi connectivity index (χ2n) is 7.45. The first-order valence-corrected chi connectivity index (χ1v) is 9.45. The highest BCUT2D eigenvalue weighted by molar-refractivity contribution is 5.71. The molecule has 0 spiro atoms. The van der Waals surface area contributed by atoms with Crippen LogP contribution in [-0.4, -0.2) is 26.8 Å². The summed E-state index contributed by atoms with van der Waals surface area (Å²) >= 11 is 0. The number of nitrogens with zero attached hydrogens (tertiary/aromatic N) is 4. The molecule has 0 atom stereocenters. The average molecular weight is 389 g/mol. The zero-order valence-corrected chi connectivity index (χ0v) is 16.0. The molecule has 0 amide bonds. The SMILES string of the molecule is Cc1cc(C#N)c(O)c(-c2ccc(NCC3(c4ncccc4F)CCC3)nn2)c1. The summed E-state index contributed by atoms with van der Waals surface area (Å²) in [4.78, 5) is 4.27. The molecule has 0 unspecified atom stereocenters. The van der Waals surface area contributed by atoms with Crippen molar-refractivity contribution < 1.29 is 9.50 Å². The Labute approximate surface area is 168 Å². The molecule has 2 aromatic heterocycles. The number of aromatic hydroxyl groups is 1. The summed E-state index contributed by atoms with van der Waals surface area (Å²) in [6.45, 7) is 2.37. The third-order valence-electron chi connectivity index (χ3n) is 5.49. The summed E-state index contributed by atoms with van der Waals surface area (Å²) in [7, 11) is 0. The number of nitrogens with one attached hydrogen (secondary N) is 1. The van der Waals surface area contributed by atoms with Crippen molar-refractivity contribution in [1.82, 2.24) is 15.2 Å². The van der Waals surface area contributed by atoms with Gasteiger partial charge in [0.25, 0.3) is 0 Å². The molecule has 6 nitrogen and oxygen atoms in total. The van der Waals surface area contributed by atoms with E-state index in [-0.39, 0.29) is 22.5 Å². The van der Waals surface area contributed by atoms with Gasteiger partial charge in [-0.25, -0.2) is 4.39 Å². The number of anilines is 1. The Bertz CT molecular complexity index is 1090. The van der Waals surface area contributed by atoms with E-state index in [1.807, 2.05) is 13.0 Å². The summed E-state index contributed by atoms with van der Waals surface area (Å²) in [5.41, 5.74) is 2.16. The van der Waals surface area contributed by atoms with Crippen molar-refractivity contribution in [3.63, 3.8) is 0 Å². The van der Waals surface area contributed by atoms with Crippen LogP contribution in [0.25, 0.3) is 11.3 Å². The Morgan fingerprint density at radius 3 is 2.69 bits per heavy atom. The maximum Gasteiger partial charge on any atom is 0.148 e. The third-order valence-corrected chi connectivity index (χ3v) is 5.49. The van der Waals surface area contributed by atoms with Gasteiger partial charge in [-0.2, -0.15) is 5.26 Å². The minimum absolute atomic E-state index is 0.104. The van der Waals surface area contributed by atoms with Gasteiger partial charge in [-0.15, -0.1) is 10.2 Å². The standard InChI is InChI=1S/C22H20FN5O/c1-14-10-15(12-24)20(29)16(11-14)18-5-6-19(28-27-18)26-13-22(7-3-8-22)21-17(23)4-2-9-25-21/h2,4-6,9-11,29H,3,7-8,13H2,1H3,(H,26,28). The van der Waals surface area contributed by atoms with Gasteiger partial charge in [0.05, 0.1) is 17.0 Å². The predicted molar refractivity (Wildman–Crippen MR) is 107 cm³/mol. The highest BCUT2D eigenvalue weighted by Gasteiger charge is 2.41. The van der Waals surface area contributed by atoms with Gasteiger partial charge in [0.15, 0.2) is 0 Å². The molecule has 1 saturated carbocycles. The number of hydrogen-bond acceptors (Lipinski definition) is 6. The minimum atomic E-state index is -0.331. The summed E-state index contributed by atoms with van der Waals surface area (Å²) in [6.07, 6.45) is 4.40. The molecule has 4 rings (SSSR count). The van der Waals surface area contributed by atoms with Gasteiger partial charge in [-0.1, -0.05) is 6.42 Å². The Morgan fingerprint density at radius 1 is 1.24 bits per heavy atom. The number of aryl methyl sites for hydroxylation is 1. The number of phenolic OH excluding ortho intramolecular Hbond substituents is 1. The van der Waals surface area contributed by atoms with E-state index in [1.165, 1.54) is 6.07 Å². The lowest BCUT2D eigenvalue weighted by molar-refractivity contribution is 0.243. The molecule has 29 heavy (non-hydrogen) atoms. The summed E-state index contributed by atoms with van der Waals surface area (Å²) in [6, 6.07) is 11.9. The smallest absolute Gasteiger partial charge is 0.148 e. The molecule has 2 N–H and O–H groups in total. The van der Waals surface area contributed by atoms with Gasteiger partial charge in [0.2, 0.25) is 0 Å². The molecule has 1 fully saturated rings. The molecule has 0 bridgehead atoms. The molecular weight excluding hydrogens is 369 g/mol. The minimum Gasteiger partial charge on any atom is -0.506 e. The van der Waals surface area contributed by atoms with Crippen LogP contribution in [-0.2, 0) is 5.41 Å². The largest absolute Gasteiger partial charge is 0.506 e. The molecule has 0 saturated heterocycles. The fraction of sp³-hybridized carbons (Fsp3) is 0.273. The van der Waals surface area contributed by atoms with Crippen LogP contribution in [0.5, 0.6) is 5.75 Å². The Hall–Kier alpha value is -3.53. The Morgan fingerprint density at radius 2 is 2.07 bits per heavy atom. The van der Waals surface area contributed by atoms with Crippen molar-refractivity contribution in [3.8, 4) is 23.1 Å².